The predicted octanol–water partition coefficient (Wildman–Crippen LogP) is 9.25. The Morgan fingerprint density at radius 1 is 0.882 bits per heavy atom. The Hall–Kier alpha value is -2.74. The first-order valence-electron chi connectivity index (χ1n) is 12.7. The van der Waals surface area contributed by atoms with Crippen LogP contribution in [0.4, 0.5) is 8.78 Å². The lowest BCUT2D eigenvalue weighted by molar-refractivity contribution is 0.297. The standard InChI is InChI=1S/C32H36F2/c1-22(2)30-20-26(21-31(33)32(30)34)10-9-24-11-15-28(16-12-24)29-17-13-25(14-18-29)19-23(3)27-7-5-4-6-8-27/h4-8,11-12,15-16,20-21,23,25,29H,1,9-10,13-14,17-19H2,2-3H3/t23-,25?,29?/m1/s1. The largest absolute Gasteiger partial charge is 0.204 e. The van der Waals surface area contributed by atoms with Gasteiger partial charge >= 0.3 is 0 Å². The third-order valence-corrected chi connectivity index (χ3v) is 7.60. The minimum atomic E-state index is -0.801. The van der Waals surface area contributed by atoms with Crippen LogP contribution in [0.5, 0.6) is 0 Å². The van der Waals surface area contributed by atoms with Gasteiger partial charge in [0.25, 0.3) is 0 Å². The molecule has 1 saturated carbocycles. The van der Waals surface area contributed by atoms with Crippen molar-refractivity contribution in [3.8, 4) is 0 Å². The van der Waals surface area contributed by atoms with E-state index in [1.54, 1.807) is 13.0 Å². The summed E-state index contributed by atoms with van der Waals surface area (Å²) in [4.78, 5) is 0. The number of aryl methyl sites for hydroxylation is 2. The van der Waals surface area contributed by atoms with Crippen molar-refractivity contribution in [3.05, 3.63) is 113 Å². The molecule has 2 heteroatoms. The summed E-state index contributed by atoms with van der Waals surface area (Å²) in [5.41, 5.74) is 5.76. The number of benzene rings is 3. The van der Waals surface area contributed by atoms with E-state index in [4.69, 9.17) is 0 Å². The van der Waals surface area contributed by atoms with Crippen LogP contribution in [-0.4, -0.2) is 0 Å². The molecule has 0 heterocycles. The molecule has 0 radical (unpaired) electrons. The van der Waals surface area contributed by atoms with Crippen LogP contribution < -0.4 is 0 Å². The van der Waals surface area contributed by atoms with Gasteiger partial charge in [0.15, 0.2) is 11.6 Å². The predicted molar refractivity (Wildman–Crippen MR) is 139 cm³/mol. The summed E-state index contributed by atoms with van der Waals surface area (Å²) in [5, 5.41) is 0. The molecule has 1 aliphatic rings. The number of allylic oxidation sites excluding steroid dienone is 1. The van der Waals surface area contributed by atoms with Gasteiger partial charge in [-0.3, -0.25) is 0 Å². The van der Waals surface area contributed by atoms with E-state index in [0.717, 1.165) is 17.9 Å². The van der Waals surface area contributed by atoms with Gasteiger partial charge in [-0.25, -0.2) is 8.78 Å². The zero-order valence-corrected chi connectivity index (χ0v) is 20.5. The number of rotatable bonds is 8. The summed E-state index contributed by atoms with van der Waals surface area (Å²) in [6.45, 7) is 7.83. The lowest BCUT2D eigenvalue weighted by Crippen LogP contribution is -2.15. The van der Waals surface area contributed by atoms with Gasteiger partial charge in [-0.05, 0) is 110 Å². The van der Waals surface area contributed by atoms with E-state index >= 15 is 0 Å². The van der Waals surface area contributed by atoms with Gasteiger partial charge in [-0.15, -0.1) is 0 Å². The summed E-state index contributed by atoms with van der Waals surface area (Å²) in [5.74, 6) is 0.514. The molecule has 0 saturated heterocycles. The minimum absolute atomic E-state index is 0.277. The summed E-state index contributed by atoms with van der Waals surface area (Å²) in [6, 6.07) is 22.9. The molecule has 0 N–H and O–H groups in total. The molecule has 3 aromatic rings. The third-order valence-electron chi connectivity index (χ3n) is 7.60. The van der Waals surface area contributed by atoms with Crippen LogP contribution in [0.1, 0.15) is 85.6 Å². The molecule has 0 bridgehead atoms. The number of hydrogen-bond acceptors (Lipinski definition) is 0. The average Bonchev–Trinajstić information content (AvgIpc) is 2.86. The molecule has 4 rings (SSSR count). The summed E-state index contributed by atoms with van der Waals surface area (Å²) >= 11 is 0. The van der Waals surface area contributed by atoms with E-state index < -0.39 is 11.6 Å². The fraction of sp³-hybridized carbons (Fsp3) is 0.375. The lowest BCUT2D eigenvalue weighted by atomic mass is 9.75. The minimum Gasteiger partial charge on any atom is -0.204 e. The van der Waals surface area contributed by atoms with Crippen LogP contribution in [0, 0.1) is 17.6 Å². The average molecular weight is 459 g/mol. The van der Waals surface area contributed by atoms with Crippen LogP contribution in [0.15, 0.2) is 73.3 Å². The second-order valence-electron chi connectivity index (χ2n) is 10.2. The van der Waals surface area contributed by atoms with E-state index in [1.165, 1.54) is 54.9 Å². The third kappa shape index (κ3) is 6.03. The van der Waals surface area contributed by atoms with Gasteiger partial charge < -0.3 is 0 Å². The first-order chi connectivity index (χ1) is 16.4. The molecule has 3 aromatic carbocycles. The van der Waals surface area contributed by atoms with Gasteiger partial charge in [-0.2, -0.15) is 0 Å². The Morgan fingerprint density at radius 2 is 1.53 bits per heavy atom. The monoisotopic (exact) mass is 458 g/mol. The van der Waals surface area contributed by atoms with Crippen molar-refractivity contribution >= 4 is 5.57 Å². The van der Waals surface area contributed by atoms with E-state index in [1.807, 2.05) is 0 Å². The second kappa shape index (κ2) is 11.1. The highest BCUT2D eigenvalue weighted by molar-refractivity contribution is 5.62. The highest BCUT2D eigenvalue weighted by Gasteiger charge is 2.24. The molecule has 0 aliphatic heterocycles. The number of halogens is 2. The van der Waals surface area contributed by atoms with E-state index in [2.05, 4.69) is 68.1 Å². The Balaban J connectivity index is 1.29. The van der Waals surface area contributed by atoms with Crippen LogP contribution >= 0.6 is 0 Å². The van der Waals surface area contributed by atoms with Crippen molar-refractivity contribution in [3.63, 3.8) is 0 Å². The zero-order valence-electron chi connectivity index (χ0n) is 20.5. The van der Waals surface area contributed by atoms with Crippen LogP contribution in [0.3, 0.4) is 0 Å². The Kier molecular flexibility index (Phi) is 7.98. The van der Waals surface area contributed by atoms with Gasteiger partial charge in [0.1, 0.15) is 0 Å². The highest BCUT2D eigenvalue weighted by atomic mass is 19.2. The topological polar surface area (TPSA) is 0 Å². The summed E-state index contributed by atoms with van der Waals surface area (Å²) in [6.07, 6.45) is 7.93. The van der Waals surface area contributed by atoms with Crippen LogP contribution in [0.2, 0.25) is 0 Å². The molecule has 0 aromatic heterocycles. The first-order valence-corrected chi connectivity index (χ1v) is 12.7. The molecule has 34 heavy (non-hydrogen) atoms. The van der Waals surface area contributed by atoms with E-state index in [-0.39, 0.29) is 5.56 Å². The van der Waals surface area contributed by atoms with Crippen molar-refractivity contribution in [2.75, 3.05) is 0 Å². The van der Waals surface area contributed by atoms with Crippen molar-refractivity contribution in [2.45, 2.75) is 70.6 Å². The quantitative estimate of drug-likeness (QED) is 0.315. The van der Waals surface area contributed by atoms with E-state index in [9.17, 15) is 8.78 Å². The fourth-order valence-corrected chi connectivity index (χ4v) is 5.49. The summed E-state index contributed by atoms with van der Waals surface area (Å²) in [7, 11) is 0. The van der Waals surface area contributed by atoms with E-state index in [0.29, 0.717) is 23.8 Å². The molecule has 0 nitrogen and oxygen atoms in total. The van der Waals surface area contributed by atoms with Gasteiger partial charge in [-0.1, -0.05) is 68.1 Å². The molecule has 0 amide bonds. The van der Waals surface area contributed by atoms with Gasteiger partial charge in [0.05, 0.1) is 0 Å². The molecule has 1 fully saturated rings. The molecular formula is C32H36F2. The summed E-state index contributed by atoms with van der Waals surface area (Å²) < 4.78 is 27.9. The molecular weight excluding hydrogens is 422 g/mol. The van der Waals surface area contributed by atoms with Crippen molar-refractivity contribution < 1.29 is 8.78 Å². The Morgan fingerprint density at radius 3 is 2.18 bits per heavy atom. The van der Waals surface area contributed by atoms with Crippen LogP contribution in [-0.2, 0) is 12.8 Å². The number of hydrogen-bond donors (Lipinski definition) is 0. The Bertz CT molecular complexity index is 1090. The van der Waals surface area contributed by atoms with Gasteiger partial charge in [0.2, 0.25) is 0 Å². The molecule has 1 atom stereocenters. The second-order valence-corrected chi connectivity index (χ2v) is 10.2. The van der Waals surface area contributed by atoms with Crippen molar-refractivity contribution in [1.29, 1.82) is 0 Å². The first kappa shape index (κ1) is 24.4. The molecule has 1 aliphatic carbocycles. The maximum atomic E-state index is 14.0. The SMILES string of the molecule is C=C(C)c1cc(CCc2ccc(C3CCC(C[C@@H](C)c4ccccc4)CC3)cc2)cc(F)c1F. The zero-order chi connectivity index (χ0) is 24.1. The molecule has 0 unspecified atom stereocenters. The van der Waals surface area contributed by atoms with Crippen molar-refractivity contribution in [1.82, 2.24) is 0 Å². The van der Waals surface area contributed by atoms with Crippen LogP contribution in [0.25, 0.3) is 5.57 Å². The lowest BCUT2D eigenvalue weighted by Gasteiger charge is -2.30. The Labute approximate surface area is 203 Å². The van der Waals surface area contributed by atoms with Gasteiger partial charge in [0, 0.05) is 5.56 Å². The fourth-order valence-electron chi connectivity index (χ4n) is 5.49. The maximum absolute atomic E-state index is 14.0. The van der Waals surface area contributed by atoms with Crippen molar-refractivity contribution in [2.24, 2.45) is 5.92 Å². The molecule has 178 valence electrons. The smallest absolute Gasteiger partial charge is 0.166 e. The highest BCUT2D eigenvalue weighted by Crippen LogP contribution is 2.39. The maximum Gasteiger partial charge on any atom is 0.166 e. The molecule has 0 spiro atoms. The normalized spacial score (nSPS) is 19.1.